The minimum atomic E-state index is -0.0896. The van der Waals surface area contributed by atoms with E-state index in [1.807, 2.05) is 44.2 Å². The van der Waals surface area contributed by atoms with Crippen LogP contribution >= 0.6 is 0 Å². The number of nitrogens with one attached hydrogen (secondary N) is 1. The van der Waals surface area contributed by atoms with Gasteiger partial charge in [-0.3, -0.25) is 0 Å². The van der Waals surface area contributed by atoms with Crippen LogP contribution in [-0.2, 0) is 6.54 Å². The number of hydrogen-bond donors (Lipinski definition) is 1. The fourth-order valence-corrected chi connectivity index (χ4v) is 2.94. The molecule has 26 heavy (non-hydrogen) atoms. The highest BCUT2D eigenvalue weighted by Crippen LogP contribution is 2.16. The van der Waals surface area contributed by atoms with Crippen molar-refractivity contribution in [1.82, 2.24) is 20.2 Å². The average molecular weight is 356 g/mol. The van der Waals surface area contributed by atoms with Gasteiger partial charge in [-0.05, 0) is 37.6 Å². The third kappa shape index (κ3) is 4.62. The Morgan fingerprint density at radius 1 is 1.23 bits per heavy atom. The van der Waals surface area contributed by atoms with Crippen LogP contribution < -0.4 is 14.8 Å². The molecule has 138 valence electrons. The maximum atomic E-state index is 12.4. The first kappa shape index (κ1) is 18.0. The Bertz CT molecular complexity index is 744. The Morgan fingerprint density at radius 2 is 1.92 bits per heavy atom. The van der Waals surface area contributed by atoms with Gasteiger partial charge in [0.2, 0.25) is 0 Å². The summed E-state index contributed by atoms with van der Waals surface area (Å²) >= 11 is 0. The van der Waals surface area contributed by atoms with Gasteiger partial charge in [0.1, 0.15) is 11.9 Å². The average Bonchev–Trinajstić information content (AvgIpc) is 3.07. The number of carbonyl (C=O) groups excluding carboxylic acids is 1. The molecule has 0 radical (unpaired) electrons. The lowest BCUT2D eigenvalue weighted by molar-refractivity contribution is 0.177. The predicted octanol–water partition coefficient (Wildman–Crippen LogP) is 2.46. The van der Waals surface area contributed by atoms with Gasteiger partial charge in [-0.1, -0.05) is 12.1 Å². The summed E-state index contributed by atoms with van der Waals surface area (Å²) in [6.07, 6.45) is 0.690. The third-order valence-corrected chi connectivity index (χ3v) is 4.27. The molecule has 1 fully saturated rings. The summed E-state index contributed by atoms with van der Waals surface area (Å²) in [7, 11) is 1.63. The first-order valence-corrected chi connectivity index (χ1v) is 8.68. The van der Waals surface area contributed by atoms with Crippen molar-refractivity contribution in [2.45, 2.75) is 32.9 Å². The quantitative estimate of drug-likeness (QED) is 0.891. The fraction of sp³-hybridized carbons (Fsp3) is 0.421. The number of aryl methyl sites for hydroxylation is 2. The molecule has 1 saturated heterocycles. The molecule has 0 saturated carbocycles. The molecule has 1 aromatic carbocycles. The van der Waals surface area contributed by atoms with Crippen molar-refractivity contribution < 1.29 is 14.3 Å². The molecule has 1 N–H and O–H groups in total. The maximum Gasteiger partial charge on any atom is 0.317 e. The van der Waals surface area contributed by atoms with Gasteiger partial charge in [-0.15, -0.1) is 0 Å². The second-order valence-corrected chi connectivity index (χ2v) is 6.41. The van der Waals surface area contributed by atoms with Gasteiger partial charge in [0.05, 0.1) is 13.7 Å². The molecule has 2 heterocycles. The minimum Gasteiger partial charge on any atom is -0.497 e. The van der Waals surface area contributed by atoms with Crippen LogP contribution in [0, 0.1) is 13.8 Å². The normalized spacial score (nSPS) is 16.4. The number of urea groups is 1. The van der Waals surface area contributed by atoms with Crippen LogP contribution in [0.15, 0.2) is 30.3 Å². The van der Waals surface area contributed by atoms with E-state index >= 15 is 0 Å². The fourth-order valence-electron chi connectivity index (χ4n) is 2.94. The van der Waals surface area contributed by atoms with Crippen molar-refractivity contribution in [3.8, 4) is 11.8 Å². The van der Waals surface area contributed by atoms with Crippen LogP contribution in [0.1, 0.15) is 23.4 Å². The zero-order valence-electron chi connectivity index (χ0n) is 15.4. The molecule has 7 heteroatoms. The number of hydrogen-bond acceptors (Lipinski definition) is 5. The number of likely N-dealkylation sites (tertiary alicyclic amines) is 1. The second kappa shape index (κ2) is 8.03. The Hall–Kier alpha value is -2.83. The SMILES string of the molecule is COc1ccc(CNC(=O)N2CC[C@@H](Oc3nc(C)cc(C)n3)C2)cc1. The molecule has 2 aromatic rings. The predicted molar refractivity (Wildman–Crippen MR) is 97.3 cm³/mol. The van der Waals surface area contributed by atoms with Crippen molar-refractivity contribution in [2.24, 2.45) is 0 Å². The first-order valence-electron chi connectivity index (χ1n) is 8.68. The smallest absolute Gasteiger partial charge is 0.317 e. The van der Waals surface area contributed by atoms with Gasteiger partial charge < -0.3 is 19.7 Å². The highest BCUT2D eigenvalue weighted by atomic mass is 16.5. The van der Waals surface area contributed by atoms with E-state index < -0.39 is 0 Å². The Morgan fingerprint density at radius 3 is 2.58 bits per heavy atom. The van der Waals surface area contributed by atoms with E-state index in [9.17, 15) is 4.79 Å². The number of rotatable bonds is 5. The molecule has 1 aliphatic rings. The molecule has 2 amide bonds. The Kier molecular flexibility index (Phi) is 5.55. The van der Waals surface area contributed by atoms with Crippen LogP contribution in [0.5, 0.6) is 11.8 Å². The van der Waals surface area contributed by atoms with Gasteiger partial charge in [0.25, 0.3) is 0 Å². The zero-order chi connectivity index (χ0) is 18.5. The number of aromatic nitrogens is 2. The molecule has 1 atom stereocenters. The molecule has 3 rings (SSSR count). The summed E-state index contributed by atoms with van der Waals surface area (Å²) in [6, 6.07) is 9.83. The van der Waals surface area contributed by atoms with E-state index in [4.69, 9.17) is 9.47 Å². The van der Waals surface area contributed by atoms with Crippen molar-refractivity contribution in [1.29, 1.82) is 0 Å². The van der Waals surface area contributed by atoms with Crippen LogP contribution in [0.4, 0.5) is 4.79 Å². The lowest BCUT2D eigenvalue weighted by Gasteiger charge is -2.17. The molecule has 1 aliphatic heterocycles. The second-order valence-electron chi connectivity index (χ2n) is 6.41. The number of nitrogens with zero attached hydrogens (tertiary/aromatic N) is 3. The van der Waals surface area contributed by atoms with E-state index in [0.717, 1.165) is 29.1 Å². The van der Waals surface area contributed by atoms with E-state index in [2.05, 4.69) is 15.3 Å². The van der Waals surface area contributed by atoms with Gasteiger partial charge in [-0.2, -0.15) is 0 Å². The maximum absolute atomic E-state index is 12.4. The molecule has 1 aromatic heterocycles. The Labute approximate surface area is 153 Å². The monoisotopic (exact) mass is 356 g/mol. The third-order valence-electron chi connectivity index (χ3n) is 4.27. The zero-order valence-corrected chi connectivity index (χ0v) is 15.4. The van der Waals surface area contributed by atoms with E-state index in [0.29, 0.717) is 25.6 Å². The number of amides is 2. The minimum absolute atomic E-state index is 0.0806. The van der Waals surface area contributed by atoms with Crippen molar-refractivity contribution >= 4 is 6.03 Å². The lowest BCUT2D eigenvalue weighted by atomic mass is 10.2. The number of methoxy groups -OCH3 is 1. The summed E-state index contributed by atoms with van der Waals surface area (Å²) < 4.78 is 11.0. The van der Waals surface area contributed by atoms with Crippen LogP contribution in [-0.4, -0.2) is 47.2 Å². The van der Waals surface area contributed by atoms with E-state index in [1.165, 1.54) is 0 Å². The topological polar surface area (TPSA) is 76.6 Å². The summed E-state index contributed by atoms with van der Waals surface area (Å²) in [6.45, 7) is 5.49. The highest BCUT2D eigenvalue weighted by Gasteiger charge is 2.28. The number of ether oxygens (including phenoxy) is 2. The number of benzene rings is 1. The van der Waals surface area contributed by atoms with Crippen LogP contribution in [0.2, 0.25) is 0 Å². The molecular weight excluding hydrogens is 332 g/mol. The van der Waals surface area contributed by atoms with Gasteiger partial charge in [-0.25, -0.2) is 14.8 Å². The molecule has 0 aliphatic carbocycles. The van der Waals surface area contributed by atoms with Gasteiger partial charge in [0, 0.05) is 30.9 Å². The van der Waals surface area contributed by atoms with Crippen molar-refractivity contribution in [3.05, 3.63) is 47.3 Å². The first-order chi connectivity index (χ1) is 12.5. The molecule has 0 bridgehead atoms. The van der Waals surface area contributed by atoms with Crippen molar-refractivity contribution in [3.63, 3.8) is 0 Å². The molecule has 7 nitrogen and oxygen atoms in total. The van der Waals surface area contributed by atoms with Crippen LogP contribution in [0.3, 0.4) is 0 Å². The standard InChI is InChI=1S/C19H24N4O3/c1-13-10-14(2)22-18(21-13)26-17-8-9-23(12-17)19(24)20-11-15-4-6-16(25-3)7-5-15/h4-7,10,17H,8-9,11-12H2,1-3H3,(H,20,24)/t17-/m1/s1. The molecule has 0 unspecified atom stereocenters. The summed E-state index contributed by atoms with van der Waals surface area (Å²) in [5.74, 6) is 0.799. The van der Waals surface area contributed by atoms with E-state index in [-0.39, 0.29) is 12.1 Å². The summed E-state index contributed by atoms with van der Waals surface area (Å²) in [4.78, 5) is 22.7. The summed E-state index contributed by atoms with van der Waals surface area (Å²) in [5, 5.41) is 2.94. The van der Waals surface area contributed by atoms with Crippen molar-refractivity contribution in [2.75, 3.05) is 20.2 Å². The van der Waals surface area contributed by atoms with Gasteiger partial charge >= 0.3 is 12.0 Å². The number of carbonyl (C=O) groups is 1. The summed E-state index contributed by atoms with van der Waals surface area (Å²) in [5.41, 5.74) is 2.77. The van der Waals surface area contributed by atoms with E-state index in [1.54, 1.807) is 12.0 Å². The Balaban J connectivity index is 1.48. The largest absolute Gasteiger partial charge is 0.497 e. The van der Waals surface area contributed by atoms with Gasteiger partial charge in [0.15, 0.2) is 0 Å². The lowest BCUT2D eigenvalue weighted by Crippen LogP contribution is -2.39. The highest BCUT2D eigenvalue weighted by molar-refractivity contribution is 5.74. The molecular formula is C19H24N4O3. The molecule has 0 spiro atoms. The van der Waals surface area contributed by atoms with Crippen LogP contribution in [0.25, 0.3) is 0 Å².